The molecule has 0 radical (unpaired) electrons. The Balaban J connectivity index is 0.000000821. The highest BCUT2D eigenvalue weighted by Crippen LogP contribution is 2.13. The first-order chi connectivity index (χ1) is 12.6. The van der Waals surface area contributed by atoms with Gasteiger partial charge < -0.3 is 21.5 Å². The Kier molecular flexibility index (Phi) is 10.9. The molecule has 0 atom stereocenters. The zero-order valence-electron chi connectivity index (χ0n) is 14.3. The number of terminal acetylenes is 1. The third kappa shape index (κ3) is 9.86. The van der Waals surface area contributed by atoms with E-state index in [1.54, 1.807) is 24.3 Å². The van der Waals surface area contributed by atoms with Crippen molar-refractivity contribution in [2.45, 2.75) is 19.0 Å². The van der Waals surface area contributed by atoms with Gasteiger partial charge in [0.25, 0.3) is 11.8 Å². The van der Waals surface area contributed by atoms with Crippen LogP contribution >= 0.6 is 0 Å². The van der Waals surface area contributed by atoms with Crippen LogP contribution < -0.4 is 16.4 Å². The number of benzene rings is 1. The third-order valence-corrected chi connectivity index (χ3v) is 2.93. The van der Waals surface area contributed by atoms with Gasteiger partial charge in [0.05, 0.1) is 17.7 Å². The molecule has 0 saturated heterocycles. The van der Waals surface area contributed by atoms with Crippen LogP contribution in [0.15, 0.2) is 24.3 Å². The number of unbranched alkanes of at least 4 members (excludes halogenated alkanes) is 1. The van der Waals surface area contributed by atoms with Crippen molar-refractivity contribution in [3.8, 4) is 12.3 Å². The van der Waals surface area contributed by atoms with E-state index in [9.17, 15) is 22.8 Å². The van der Waals surface area contributed by atoms with E-state index in [1.165, 1.54) is 0 Å². The van der Waals surface area contributed by atoms with Gasteiger partial charge in [-0.2, -0.15) is 13.2 Å². The van der Waals surface area contributed by atoms with Crippen LogP contribution in [0.4, 0.5) is 13.2 Å². The highest BCUT2D eigenvalue weighted by Gasteiger charge is 2.38. The van der Waals surface area contributed by atoms with Crippen LogP contribution in [-0.2, 0) is 4.79 Å². The minimum atomic E-state index is -5.08. The summed E-state index contributed by atoms with van der Waals surface area (Å²) in [7, 11) is 0. The Morgan fingerprint density at radius 2 is 1.56 bits per heavy atom. The number of nitrogens with two attached hydrogens (primary N) is 1. The van der Waals surface area contributed by atoms with Crippen molar-refractivity contribution in [1.82, 2.24) is 10.6 Å². The minimum absolute atomic E-state index is 0.130. The predicted octanol–water partition coefficient (Wildman–Crippen LogP) is 1.15. The topological polar surface area (TPSA) is 122 Å². The zero-order chi connectivity index (χ0) is 20.9. The quantitative estimate of drug-likeness (QED) is 0.413. The highest BCUT2D eigenvalue weighted by atomic mass is 19.4. The Morgan fingerprint density at radius 3 is 1.96 bits per heavy atom. The molecule has 1 aromatic rings. The number of alkyl halides is 3. The lowest BCUT2D eigenvalue weighted by Crippen LogP contribution is -2.30. The molecular formula is C17H20F3N3O4. The summed E-state index contributed by atoms with van der Waals surface area (Å²) in [6, 6.07) is 6.63. The maximum atomic E-state index is 12.0. The van der Waals surface area contributed by atoms with E-state index in [0.717, 1.165) is 12.8 Å². The van der Waals surface area contributed by atoms with Crippen molar-refractivity contribution < 1.29 is 32.7 Å². The van der Waals surface area contributed by atoms with E-state index in [0.29, 0.717) is 24.2 Å². The second kappa shape index (κ2) is 12.3. The third-order valence-electron chi connectivity index (χ3n) is 2.93. The standard InChI is InChI=1S/C15H19N3O2.C2HF3O2/c1-2-10-17-14(19)12-7-3-4-8-13(12)15(20)18-11-6-5-9-16;3-2(4,5)1(6)7/h1,3-4,7-8H,5-6,9-11,16H2,(H,17,19)(H,18,20);(H,6,7). The van der Waals surface area contributed by atoms with Crippen molar-refractivity contribution in [3.05, 3.63) is 35.4 Å². The van der Waals surface area contributed by atoms with Gasteiger partial charge in [-0.05, 0) is 31.5 Å². The average Bonchev–Trinajstić information content (AvgIpc) is 2.62. The van der Waals surface area contributed by atoms with Crippen LogP contribution in [0.2, 0.25) is 0 Å². The molecule has 0 aliphatic carbocycles. The lowest BCUT2D eigenvalue weighted by atomic mass is 10.1. The van der Waals surface area contributed by atoms with Gasteiger partial charge in [0.1, 0.15) is 0 Å². The van der Waals surface area contributed by atoms with E-state index in [4.69, 9.17) is 22.1 Å². The molecule has 0 fully saturated rings. The van der Waals surface area contributed by atoms with Gasteiger partial charge in [0.2, 0.25) is 0 Å². The van der Waals surface area contributed by atoms with Crippen LogP contribution in [0.25, 0.3) is 0 Å². The number of carboxylic acid groups (broad SMARTS) is 1. The first-order valence-corrected chi connectivity index (χ1v) is 7.74. The van der Waals surface area contributed by atoms with E-state index in [-0.39, 0.29) is 18.4 Å². The molecule has 0 unspecified atom stereocenters. The van der Waals surface area contributed by atoms with Crippen molar-refractivity contribution in [3.63, 3.8) is 0 Å². The van der Waals surface area contributed by atoms with Crippen LogP contribution in [0.3, 0.4) is 0 Å². The molecule has 5 N–H and O–H groups in total. The molecule has 0 aliphatic rings. The number of nitrogens with one attached hydrogen (secondary N) is 2. The van der Waals surface area contributed by atoms with Gasteiger partial charge in [-0.15, -0.1) is 6.42 Å². The average molecular weight is 387 g/mol. The van der Waals surface area contributed by atoms with Gasteiger partial charge in [-0.1, -0.05) is 18.1 Å². The number of carboxylic acids is 1. The number of aliphatic carboxylic acids is 1. The SMILES string of the molecule is C#CCNC(=O)c1ccccc1C(=O)NCCCCN.O=C(O)C(F)(F)F. The molecule has 0 heterocycles. The predicted molar refractivity (Wildman–Crippen MR) is 91.9 cm³/mol. The van der Waals surface area contributed by atoms with Crippen LogP contribution in [-0.4, -0.2) is 48.7 Å². The lowest BCUT2D eigenvalue weighted by Gasteiger charge is -2.09. The van der Waals surface area contributed by atoms with Crippen molar-refractivity contribution in [2.75, 3.05) is 19.6 Å². The summed E-state index contributed by atoms with van der Waals surface area (Å²) >= 11 is 0. The molecule has 1 rings (SSSR count). The van der Waals surface area contributed by atoms with Crippen molar-refractivity contribution in [1.29, 1.82) is 0 Å². The molecule has 2 amide bonds. The Labute approximate surface area is 154 Å². The Morgan fingerprint density at radius 1 is 1.07 bits per heavy atom. The largest absolute Gasteiger partial charge is 0.490 e. The number of hydrogen-bond donors (Lipinski definition) is 4. The first kappa shape index (κ1) is 23.9. The number of carbonyl (C=O) groups excluding carboxylic acids is 2. The molecule has 7 nitrogen and oxygen atoms in total. The molecule has 0 aromatic heterocycles. The number of carbonyl (C=O) groups is 3. The monoisotopic (exact) mass is 387 g/mol. The summed E-state index contributed by atoms with van der Waals surface area (Å²) < 4.78 is 31.7. The summed E-state index contributed by atoms with van der Waals surface area (Å²) in [5, 5.41) is 12.4. The maximum Gasteiger partial charge on any atom is 0.490 e. The zero-order valence-corrected chi connectivity index (χ0v) is 14.3. The van der Waals surface area contributed by atoms with Crippen molar-refractivity contribution in [2.24, 2.45) is 5.73 Å². The van der Waals surface area contributed by atoms with Crippen LogP contribution in [0.5, 0.6) is 0 Å². The number of amides is 2. The second-order valence-electron chi connectivity index (χ2n) is 4.99. The summed E-state index contributed by atoms with van der Waals surface area (Å²) in [6.07, 6.45) is 1.67. The fourth-order valence-electron chi connectivity index (χ4n) is 1.67. The summed E-state index contributed by atoms with van der Waals surface area (Å²) in [6.45, 7) is 1.27. The molecule has 1 aromatic carbocycles. The van der Waals surface area contributed by atoms with Crippen molar-refractivity contribution >= 4 is 17.8 Å². The lowest BCUT2D eigenvalue weighted by molar-refractivity contribution is -0.192. The molecule has 27 heavy (non-hydrogen) atoms. The number of rotatable bonds is 7. The Bertz CT molecular complexity index is 685. The van der Waals surface area contributed by atoms with E-state index in [1.807, 2.05) is 0 Å². The summed E-state index contributed by atoms with van der Waals surface area (Å²) in [5.74, 6) is -1.06. The summed E-state index contributed by atoms with van der Waals surface area (Å²) in [4.78, 5) is 32.8. The van der Waals surface area contributed by atoms with Gasteiger partial charge >= 0.3 is 12.1 Å². The van der Waals surface area contributed by atoms with E-state index < -0.39 is 12.1 Å². The summed E-state index contributed by atoms with van der Waals surface area (Å²) in [5.41, 5.74) is 6.05. The molecule has 10 heteroatoms. The molecular weight excluding hydrogens is 367 g/mol. The molecule has 0 bridgehead atoms. The van der Waals surface area contributed by atoms with E-state index >= 15 is 0 Å². The van der Waals surface area contributed by atoms with Gasteiger partial charge in [0.15, 0.2) is 0 Å². The normalized spacial score (nSPS) is 10.0. The number of halogens is 3. The van der Waals surface area contributed by atoms with Gasteiger partial charge in [0, 0.05) is 6.54 Å². The van der Waals surface area contributed by atoms with Crippen LogP contribution in [0, 0.1) is 12.3 Å². The van der Waals surface area contributed by atoms with Crippen LogP contribution in [0.1, 0.15) is 33.6 Å². The van der Waals surface area contributed by atoms with E-state index in [2.05, 4.69) is 16.6 Å². The first-order valence-electron chi connectivity index (χ1n) is 7.74. The second-order valence-corrected chi connectivity index (χ2v) is 4.99. The molecule has 0 saturated carbocycles. The minimum Gasteiger partial charge on any atom is -0.475 e. The maximum absolute atomic E-state index is 12.0. The highest BCUT2D eigenvalue weighted by molar-refractivity contribution is 6.07. The molecule has 0 aliphatic heterocycles. The number of hydrogen-bond acceptors (Lipinski definition) is 4. The molecule has 148 valence electrons. The van der Waals surface area contributed by atoms with Gasteiger partial charge in [-0.25, -0.2) is 4.79 Å². The van der Waals surface area contributed by atoms with Gasteiger partial charge in [-0.3, -0.25) is 9.59 Å². The fourth-order valence-corrected chi connectivity index (χ4v) is 1.67. The smallest absolute Gasteiger partial charge is 0.475 e. The fraction of sp³-hybridized carbons (Fsp3) is 0.353. The Hall–Kier alpha value is -3.06. The molecule has 0 spiro atoms.